The lowest BCUT2D eigenvalue weighted by Crippen LogP contribution is -2.13. The van der Waals surface area contributed by atoms with Crippen LogP contribution >= 0.6 is 0 Å². The standard InChI is InChI=1S/C15H13F2NO2/c1-9-7-10(3-6-14(9)20-2)15(19)18-13-8-11(16)4-5-12(13)17/h3-8H,1-2H3,(H,18,19). The molecule has 0 unspecified atom stereocenters. The van der Waals surface area contributed by atoms with Gasteiger partial charge < -0.3 is 10.1 Å². The number of carbonyl (C=O) groups is 1. The molecule has 1 N–H and O–H groups in total. The van der Waals surface area contributed by atoms with Gasteiger partial charge in [-0.2, -0.15) is 0 Å². The van der Waals surface area contributed by atoms with E-state index in [1.807, 2.05) is 0 Å². The lowest BCUT2D eigenvalue weighted by Gasteiger charge is -2.09. The summed E-state index contributed by atoms with van der Waals surface area (Å²) >= 11 is 0. The second-order valence-electron chi connectivity index (χ2n) is 4.26. The molecule has 104 valence electrons. The van der Waals surface area contributed by atoms with Gasteiger partial charge in [0.05, 0.1) is 12.8 Å². The molecule has 0 aliphatic rings. The van der Waals surface area contributed by atoms with Crippen LogP contribution in [-0.2, 0) is 0 Å². The predicted molar refractivity (Wildman–Crippen MR) is 72.0 cm³/mol. The number of rotatable bonds is 3. The van der Waals surface area contributed by atoms with Gasteiger partial charge in [0.25, 0.3) is 5.91 Å². The number of halogens is 2. The Hall–Kier alpha value is -2.43. The molecule has 20 heavy (non-hydrogen) atoms. The van der Waals surface area contributed by atoms with Gasteiger partial charge in [0, 0.05) is 11.6 Å². The lowest BCUT2D eigenvalue weighted by atomic mass is 10.1. The van der Waals surface area contributed by atoms with Crippen LogP contribution in [0.1, 0.15) is 15.9 Å². The minimum absolute atomic E-state index is 0.191. The Labute approximate surface area is 115 Å². The summed E-state index contributed by atoms with van der Waals surface area (Å²) in [6.07, 6.45) is 0. The highest BCUT2D eigenvalue weighted by Crippen LogP contribution is 2.20. The first-order valence-electron chi connectivity index (χ1n) is 5.92. The highest BCUT2D eigenvalue weighted by molar-refractivity contribution is 6.04. The van der Waals surface area contributed by atoms with Crippen molar-refractivity contribution in [2.75, 3.05) is 12.4 Å². The molecule has 5 heteroatoms. The van der Waals surface area contributed by atoms with Crippen molar-refractivity contribution in [3.8, 4) is 5.75 Å². The van der Waals surface area contributed by atoms with Gasteiger partial charge in [-0.1, -0.05) is 0 Å². The second kappa shape index (κ2) is 5.69. The van der Waals surface area contributed by atoms with Gasteiger partial charge in [0.2, 0.25) is 0 Å². The maximum atomic E-state index is 13.4. The molecule has 1 amide bonds. The SMILES string of the molecule is COc1ccc(C(=O)Nc2cc(F)ccc2F)cc1C. The minimum atomic E-state index is -0.690. The van der Waals surface area contributed by atoms with E-state index in [4.69, 9.17) is 4.74 Å². The molecule has 0 atom stereocenters. The van der Waals surface area contributed by atoms with Crippen molar-refractivity contribution in [2.24, 2.45) is 0 Å². The van der Waals surface area contributed by atoms with Gasteiger partial charge >= 0.3 is 0 Å². The molecule has 3 nitrogen and oxygen atoms in total. The number of hydrogen-bond acceptors (Lipinski definition) is 2. The number of amides is 1. The zero-order chi connectivity index (χ0) is 14.7. The maximum Gasteiger partial charge on any atom is 0.255 e. The zero-order valence-electron chi connectivity index (χ0n) is 11.0. The Bertz CT molecular complexity index is 656. The summed E-state index contributed by atoms with van der Waals surface area (Å²) in [5, 5.41) is 2.34. The van der Waals surface area contributed by atoms with Crippen molar-refractivity contribution in [3.63, 3.8) is 0 Å². The molecule has 0 bridgehead atoms. The Balaban J connectivity index is 2.24. The molecule has 0 aliphatic carbocycles. The number of ether oxygens (including phenoxy) is 1. The number of methoxy groups -OCH3 is 1. The first-order chi connectivity index (χ1) is 9.51. The molecule has 0 aliphatic heterocycles. The van der Waals surface area contributed by atoms with Gasteiger partial charge in [0.15, 0.2) is 0 Å². The Morgan fingerprint density at radius 2 is 1.90 bits per heavy atom. The van der Waals surface area contributed by atoms with E-state index in [2.05, 4.69) is 5.32 Å². The molecule has 0 fully saturated rings. The molecule has 2 aromatic rings. The van der Waals surface area contributed by atoms with E-state index in [0.717, 1.165) is 23.8 Å². The van der Waals surface area contributed by atoms with Crippen LogP contribution < -0.4 is 10.1 Å². The highest BCUT2D eigenvalue weighted by Gasteiger charge is 2.11. The number of carbonyl (C=O) groups excluding carboxylic acids is 1. The molecule has 0 spiro atoms. The zero-order valence-corrected chi connectivity index (χ0v) is 11.0. The summed E-state index contributed by atoms with van der Waals surface area (Å²) in [7, 11) is 1.53. The van der Waals surface area contributed by atoms with E-state index in [9.17, 15) is 13.6 Å². The number of nitrogens with one attached hydrogen (secondary N) is 1. The van der Waals surface area contributed by atoms with Crippen LogP contribution in [0.3, 0.4) is 0 Å². The Morgan fingerprint density at radius 3 is 2.55 bits per heavy atom. The fourth-order valence-corrected chi connectivity index (χ4v) is 1.81. The third-order valence-electron chi connectivity index (χ3n) is 2.83. The van der Waals surface area contributed by atoms with Crippen molar-refractivity contribution in [1.29, 1.82) is 0 Å². The highest BCUT2D eigenvalue weighted by atomic mass is 19.1. The smallest absolute Gasteiger partial charge is 0.255 e. The minimum Gasteiger partial charge on any atom is -0.496 e. The van der Waals surface area contributed by atoms with Crippen molar-refractivity contribution in [2.45, 2.75) is 6.92 Å². The van der Waals surface area contributed by atoms with Gasteiger partial charge in [-0.05, 0) is 42.8 Å². The van der Waals surface area contributed by atoms with E-state index in [1.165, 1.54) is 7.11 Å². The fourth-order valence-electron chi connectivity index (χ4n) is 1.81. The van der Waals surface area contributed by atoms with Crippen LogP contribution in [-0.4, -0.2) is 13.0 Å². The monoisotopic (exact) mass is 277 g/mol. The summed E-state index contributed by atoms with van der Waals surface area (Å²) in [5.74, 6) is -1.17. The summed E-state index contributed by atoms with van der Waals surface area (Å²) < 4.78 is 31.6. The molecule has 0 saturated carbocycles. The van der Waals surface area contributed by atoms with E-state index < -0.39 is 17.5 Å². The van der Waals surface area contributed by atoms with Crippen LogP contribution in [0, 0.1) is 18.6 Å². The van der Waals surface area contributed by atoms with Crippen LogP contribution in [0.4, 0.5) is 14.5 Å². The average Bonchev–Trinajstić information content (AvgIpc) is 2.42. The second-order valence-corrected chi connectivity index (χ2v) is 4.26. The molecule has 0 saturated heterocycles. The fraction of sp³-hybridized carbons (Fsp3) is 0.133. The third-order valence-corrected chi connectivity index (χ3v) is 2.83. The molecule has 0 heterocycles. The summed E-state index contributed by atoms with van der Waals surface area (Å²) in [4.78, 5) is 12.0. The number of benzene rings is 2. The molecule has 0 radical (unpaired) electrons. The van der Waals surface area contributed by atoms with E-state index >= 15 is 0 Å². The Morgan fingerprint density at radius 1 is 1.15 bits per heavy atom. The van der Waals surface area contributed by atoms with Crippen LogP contribution in [0.25, 0.3) is 0 Å². The number of anilines is 1. The van der Waals surface area contributed by atoms with Gasteiger partial charge in [0.1, 0.15) is 17.4 Å². The van der Waals surface area contributed by atoms with Crippen LogP contribution in [0.15, 0.2) is 36.4 Å². The third kappa shape index (κ3) is 2.93. The van der Waals surface area contributed by atoms with E-state index in [-0.39, 0.29) is 5.69 Å². The van der Waals surface area contributed by atoms with Crippen molar-refractivity contribution in [1.82, 2.24) is 0 Å². The van der Waals surface area contributed by atoms with Gasteiger partial charge in [-0.15, -0.1) is 0 Å². The van der Waals surface area contributed by atoms with Crippen LogP contribution in [0.2, 0.25) is 0 Å². The maximum absolute atomic E-state index is 13.4. The van der Waals surface area contributed by atoms with Crippen molar-refractivity contribution < 1.29 is 18.3 Å². The van der Waals surface area contributed by atoms with Crippen LogP contribution in [0.5, 0.6) is 5.75 Å². The predicted octanol–water partition coefficient (Wildman–Crippen LogP) is 3.53. The molecular weight excluding hydrogens is 264 g/mol. The van der Waals surface area contributed by atoms with Crippen molar-refractivity contribution in [3.05, 3.63) is 59.2 Å². The summed E-state index contributed by atoms with van der Waals surface area (Å²) in [6.45, 7) is 1.79. The summed E-state index contributed by atoms with van der Waals surface area (Å²) in [6, 6.07) is 7.70. The molecule has 0 aromatic heterocycles. The lowest BCUT2D eigenvalue weighted by molar-refractivity contribution is 0.102. The normalized spacial score (nSPS) is 10.2. The molecule has 2 aromatic carbocycles. The first-order valence-corrected chi connectivity index (χ1v) is 5.92. The van der Waals surface area contributed by atoms with E-state index in [1.54, 1.807) is 25.1 Å². The first kappa shape index (κ1) is 14.0. The number of aryl methyl sites for hydroxylation is 1. The van der Waals surface area contributed by atoms with E-state index in [0.29, 0.717) is 11.3 Å². The molecular formula is C15H13F2NO2. The largest absolute Gasteiger partial charge is 0.496 e. The number of hydrogen-bond donors (Lipinski definition) is 1. The topological polar surface area (TPSA) is 38.3 Å². The average molecular weight is 277 g/mol. The Kier molecular flexibility index (Phi) is 3.98. The van der Waals surface area contributed by atoms with Gasteiger partial charge in [-0.3, -0.25) is 4.79 Å². The molecule has 2 rings (SSSR count). The summed E-state index contributed by atoms with van der Waals surface area (Å²) in [5.41, 5.74) is 0.926. The quantitative estimate of drug-likeness (QED) is 0.932. The van der Waals surface area contributed by atoms with Crippen molar-refractivity contribution >= 4 is 11.6 Å². The van der Waals surface area contributed by atoms with Gasteiger partial charge in [-0.25, -0.2) is 8.78 Å².